The molecule has 0 fully saturated rings. The largest absolute Gasteiger partial charge is 0.334 e. The van der Waals surface area contributed by atoms with Gasteiger partial charge in [-0.05, 0) is 12.1 Å². The van der Waals surface area contributed by atoms with Gasteiger partial charge in [0.05, 0.1) is 10.6 Å². The minimum absolute atomic E-state index is 0.430. The first kappa shape index (κ1) is 11.0. The summed E-state index contributed by atoms with van der Waals surface area (Å²) in [5, 5.41) is 4.56. The Labute approximate surface area is 109 Å². The van der Waals surface area contributed by atoms with Crippen molar-refractivity contribution in [2.75, 3.05) is 0 Å². The Morgan fingerprint density at radius 1 is 0.889 bits per heavy atom. The van der Waals surface area contributed by atoms with E-state index in [4.69, 9.17) is 16.1 Å². The molecular weight excluding hydrogens is 248 g/mol. The van der Waals surface area contributed by atoms with Gasteiger partial charge in [-0.3, -0.25) is 0 Å². The van der Waals surface area contributed by atoms with E-state index in [-0.39, 0.29) is 0 Å². The molecular formula is C14H9ClN2O. The van der Waals surface area contributed by atoms with Gasteiger partial charge in [0, 0.05) is 5.56 Å². The van der Waals surface area contributed by atoms with Crippen LogP contribution in [0.4, 0.5) is 0 Å². The van der Waals surface area contributed by atoms with Crippen LogP contribution in [0.2, 0.25) is 5.02 Å². The van der Waals surface area contributed by atoms with E-state index in [1.165, 1.54) is 0 Å². The van der Waals surface area contributed by atoms with Crippen molar-refractivity contribution < 1.29 is 4.52 Å². The van der Waals surface area contributed by atoms with Crippen molar-refractivity contribution in [1.82, 2.24) is 10.1 Å². The fourth-order valence-electron chi connectivity index (χ4n) is 1.67. The zero-order valence-electron chi connectivity index (χ0n) is 9.38. The van der Waals surface area contributed by atoms with Crippen molar-refractivity contribution in [3.8, 4) is 22.8 Å². The highest BCUT2D eigenvalue weighted by atomic mass is 35.5. The lowest BCUT2D eigenvalue weighted by atomic mass is 10.2. The predicted molar refractivity (Wildman–Crippen MR) is 70.2 cm³/mol. The average molecular weight is 257 g/mol. The Kier molecular flexibility index (Phi) is 2.82. The third kappa shape index (κ3) is 2.00. The van der Waals surface area contributed by atoms with Crippen LogP contribution in [0.3, 0.4) is 0 Å². The summed E-state index contributed by atoms with van der Waals surface area (Å²) >= 11 is 6.09. The molecule has 0 aliphatic rings. The maximum atomic E-state index is 6.09. The van der Waals surface area contributed by atoms with Crippen molar-refractivity contribution in [2.24, 2.45) is 0 Å². The molecule has 0 amide bonds. The molecule has 0 spiro atoms. The van der Waals surface area contributed by atoms with Crippen LogP contribution in [0.1, 0.15) is 0 Å². The fourth-order valence-corrected chi connectivity index (χ4v) is 1.89. The lowest BCUT2D eigenvalue weighted by Crippen LogP contribution is -1.81. The van der Waals surface area contributed by atoms with Gasteiger partial charge in [0.2, 0.25) is 5.82 Å². The van der Waals surface area contributed by atoms with Gasteiger partial charge in [-0.2, -0.15) is 4.98 Å². The number of nitrogens with zero attached hydrogens (tertiary/aromatic N) is 2. The summed E-state index contributed by atoms with van der Waals surface area (Å²) in [6.07, 6.45) is 0. The molecule has 0 aliphatic heterocycles. The molecule has 0 N–H and O–H groups in total. The second kappa shape index (κ2) is 4.63. The minimum atomic E-state index is 0.430. The zero-order valence-corrected chi connectivity index (χ0v) is 10.1. The molecule has 3 rings (SSSR count). The van der Waals surface area contributed by atoms with Crippen molar-refractivity contribution in [2.45, 2.75) is 0 Å². The number of aromatic nitrogens is 2. The molecule has 0 aliphatic carbocycles. The summed E-state index contributed by atoms with van der Waals surface area (Å²) in [6, 6.07) is 17.1. The number of hydrogen-bond donors (Lipinski definition) is 0. The van der Waals surface area contributed by atoms with Gasteiger partial charge >= 0.3 is 0 Å². The molecule has 3 aromatic rings. The van der Waals surface area contributed by atoms with Gasteiger partial charge < -0.3 is 4.52 Å². The molecule has 0 radical (unpaired) electrons. The topological polar surface area (TPSA) is 38.9 Å². The van der Waals surface area contributed by atoms with Crippen molar-refractivity contribution in [3.05, 3.63) is 59.6 Å². The minimum Gasteiger partial charge on any atom is -0.334 e. The number of rotatable bonds is 2. The summed E-state index contributed by atoms with van der Waals surface area (Å²) < 4.78 is 5.24. The normalized spacial score (nSPS) is 10.5. The lowest BCUT2D eigenvalue weighted by molar-refractivity contribution is 0.432. The predicted octanol–water partition coefficient (Wildman–Crippen LogP) is 4.06. The SMILES string of the molecule is Clc1ccccc1-c1nc(-c2ccccc2)no1. The maximum Gasteiger partial charge on any atom is 0.259 e. The summed E-state index contributed by atoms with van der Waals surface area (Å²) in [6.45, 7) is 0. The molecule has 88 valence electrons. The Hall–Kier alpha value is -2.13. The van der Waals surface area contributed by atoms with Gasteiger partial charge in [0.1, 0.15) is 0 Å². The first-order chi connectivity index (χ1) is 8.84. The van der Waals surface area contributed by atoms with Gasteiger partial charge in [0.25, 0.3) is 5.89 Å². The van der Waals surface area contributed by atoms with E-state index in [1.807, 2.05) is 48.5 Å². The van der Waals surface area contributed by atoms with Crippen molar-refractivity contribution >= 4 is 11.6 Å². The quantitative estimate of drug-likeness (QED) is 0.694. The van der Waals surface area contributed by atoms with Gasteiger partial charge in [-0.1, -0.05) is 59.2 Å². The Morgan fingerprint density at radius 2 is 1.61 bits per heavy atom. The Morgan fingerprint density at radius 3 is 2.39 bits per heavy atom. The van der Waals surface area contributed by atoms with Gasteiger partial charge in [-0.15, -0.1) is 0 Å². The van der Waals surface area contributed by atoms with Crippen LogP contribution in [0.15, 0.2) is 59.1 Å². The average Bonchev–Trinajstić information content (AvgIpc) is 2.90. The van der Waals surface area contributed by atoms with Crippen LogP contribution >= 0.6 is 11.6 Å². The van der Waals surface area contributed by atoms with Crippen LogP contribution < -0.4 is 0 Å². The summed E-state index contributed by atoms with van der Waals surface area (Å²) in [4.78, 5) is 4.35. The molecule has 0 unspecified atom stereocenters. The van der Waals surface area contributed by atoms with Crippen LogP contribution in [-0.2, 0) is 0 Å². The standard InChI is InChI=1S/C14H9ClN2O/c15-12-9-5-4-8-11(12)14-16-13(17-18-14)10-6-2-1-3-7-10/h1-9H. The van der Waals surface area contributed by atoms with E-state index in [0.717, 1.165) is 11.1 Å². The molecule has 4 heteroatoms. The summed E-state index contributed by atoms with van der Waals surface area (Å²) in [5.41, 5.74) is 1.66. The summed E-state index contributed by atoms with van der Waals surface area (Å²) in [7, 11) is 0. The molecule has 1 heterocycles. The Bertz CT molecular complexity index is 664. The number of halogens is 1. The molecule has 18 heavy (non-hydrogen) atoms. The highest BCUT2D eigenvalue weighted by Crippen LogP contribution is 2.27. The fraction of sp³-hybridized carbons (Fsp3) is 0. The monoisotopic (exact) mass is 256 g/mol. The van der Waals surface area contributed by atoms with E-state index >= 15 is 0 Å². The highest BCUT2D eigenvalue weighted by molar-refractivity contribution is 6.33. The second-order valence-electron chi connectivity index (χ2n) is 3.77. The first-order valence-electron chi connectivity index (χ1n) is 5.48. The number of benzene rings is 2. The van der Waals surface area contributed by atoms with Crippen molar-refractivity contribution in [1.29, 1.82) is 0 Å². The van der Waals surface area contributed by atoms with E-state index < -0.39 is 0 Å². The zero-order chi connectivity index (χ0) is 12.4. The van der Waals surface area contributed by atoms with E-state index in [2.05, 4.69) is 10.1 Å². The smallest absolute Gasteiger partial charge is 0.259 e. The molecule has 3 nitrogen and oxygen atoms in total. The lowest BCUT2D eigenvalue weighted by Gasteiger charge is -1.95. The van der Waals surface area contributed by atoms with E-state index in [9.17, 15) is 0 Å². The van der Waals surface area contributed by atoms with E-state index in [1.54, 1.807) is 6.07 Å². The molecule has 0 saturated heterocycles. The third-order valence-corrected chi connectivity index (χ3v) is 2.89. The molecule has 0 atom stereocenters. The Balaban J connectivity index is 2.03. The molecule has 0 bridgehead atoms. The van der Waals surface area contributed by atoms with Gasteiger partial charge in [0.15, 0.2) is 0 Å². The third-order valence-electron chi connectivity index (χ3n) is 2.56. The second-order valence-corrected chi connectivity index (χ2v) is 4.18. The van der Waals surface area contributed by atoms with Crippen LogP contribution in [0.25, 0.3) is 22.8 Å². The molecule has 1 aromatic heterocycles. The first-order valence-corrected chi connectivity index (χ1v) is 5.86. The highest BCUT2D eigenvalue weighted by Gasteiger charge is 2.12. The van der Waals surface area contributed by atoms with Gasteiger partial charge in [-0.25, -0.2) is 0 Å². The van der Waals surface area contributed by atoms with Crippen LogP contribution in [0.5, 0.6) is 0 Å². The molecule has 0 saturated carbocycles. The maximum absolute atomic E-state index is 6.09. The van der Waals surface area contributed by atoms with Crippen LogP contribution in [0, 0.1) is 0 Å². The summed E-state index contributed by atoms with van der Waals surface area (Å²) in [5.74, 6) is 0.991. The number of hydrogen-bond acceptors (Lipinski definition) is 3. The van der Waals surface area contributed by atoms with Crippen molar-refractivity contribution in [3.63, 3.8) is 0 Å². The van der Waals surface area contributed by atoms with E-state index in [0.29, 0.717) is 16.7 Å². The van der Waals surface area contributed by atoms with Crippen LogP contribution in [-0.4, -0.2) is 10.1 Å². The molecule has 2 aromatic carbocycles.